The van der Waals surface area contributed by atoms with Crippen LogP contribution in [0.3, 0.4) is 0 Å². The number of nitrogens with zero attached hydrogens (tertiary/aromatic N) is 1. The normalized spacial score (nSPS) is 18.5. The van der Waals surface area contributed by atoms with Gasteiger partial charge < -0.3 is 9.64 Å². The highest BCUT2D eigenvalue weighted by atomic mass is 35.5. The Kier molecular flexibility index (Phi) is 4.10. The monoisotopic (exact) mass is 281 g/mol. The Morgan fingerprint density at radius 2 is 2.16 bits per heavy atom. The van der Waals surface area contributed by atoms with Gasteiger partial charge in [-0.3, -0.25) is 4.79 Å². The fourth-order valence-corrected chi connectivity index (χ4v) is 2.56. The van der Waals surface area contributed by atoms with Crippen LogP contribution >= 0.6 is 11.6 Å². The zero-order chi connectivity index (χ0) is 14.0. The van der Waals surface area contributed by atoms with Gasteiger partial charge in [0.15, 0.2) is 0 Å². The number of esters is 1. The van der Waals surface area contributed by atoms with E-state index in [1.54, 1.807) is 17.0 Å². The third-order valence-corrected chi connectivity index (χ3v) is 3.91. The number of amides is 1. The standard InChI is InChI=1S/C14H16ClNO3/c1-9-5-3-6-10(12(9)15)13(17)16-8-4-7-11(16)14(18)19-2/h3,5-6,11H,4,7-8H2,1-2H3. The van der Waals surface area contributed by atoms with Crippen molar-refractivity contribution in [3.05, 3.63) is 34.3 Å². The van der Waals surface area contributed by atoms with E-state index >= 15 is 0 Å². The molecule has 0 radical (unpaired) electrons. The Morgan fingerprint density at radius 1 is 1.42 bits per heavy atom. The largest absolute Gasteiger partial charge is 0.467 e. The number of methoxy groups -OCH3 is 1. The predicted molar refractivity (Wildman–Crippen MR) is 72.3 cm³/mol. The summed E-state index contributed by atoms with van der Waals surface area (Å²) in [5.41, 5.74) is 1.29. The average molecular weight is 282 g/mol. The molecule has 1 amide bonds. The fourth-order valence-electron chi connectivity index (χ4n) is 2.36. The molecular formula is C14H16ClNO3. The fraction of sp³-hybridized carbons (Fsp3) is 0.429. The molecule has 2 rings (SSSR count). The Balaban J connectivity index is 2.28. The highest BCUT2D eigenvalue weighted by molar-refractivity contribution is 6.34. The van der Waals surface area contributed by atoms with Crippen molar-refractivity contribution in [2.24, 2.45) is 0 Å². The van der Waals surface area contributed by atoms with Crippen LogP contribution in [0.4, 0.5) is 0 Å². The maximum absolute atomic E-state index is 12.5. The summed E-state index contributed by atoms with van der Waals surface area (Å²) in [6, 6.07) is 4.83. The highest BCUT2D eigenvalue weighted by Crippen LogP contribution is 2.26. The summed E-state index contributed by atoms with van der Waals surface area (Å²) in [4.78, 5) is 25.7. The summed E-state index contributed by atoms with van der Waals surface area (Å²) in [6.07, 6.45) is 1.44. The first kappa shape index (κ1) is 13.9. The van der Waals surface area contributed by atoms with E-state index in [9.17, 15) is 9.59 Å². The number of halogens is 1. The number of ether oxygens (including phenoxy) is 1. The number of carbonyl (C=O) groups excluding carboxylic acids is 2. The van der Waals surface area contributed by atoms with Gasteiger partial charge in [0.25, 0.3) is 5.91 Å². The molecule has 1 saturated heterocycles. The zero-order valence-electron chi connectivity index (χ0n) is 11.0. The van der Waals surface area contributed by atoms with Crippen LogP contribution in [-0.2, 0) is 9.53 Å². The Morgan fingerprint density at radius 3 is 2.84 bits per heavy atom. The maximum Gasteiger partial charge on any atom is 0.328 e. The average Bonchev–Trinajstić information content (AvgIpc) is 2.89. The van der Waals surface area contributed by atoms with Gasteiger partial charge in [0, 0.05) is 6.54 Å². The van der Waals surface area contributed by atoms with Crippen LogP contribution in [0, 0.1) is 6.92 Å². The van der Waals surface area contributed by atoms with Crippen LogP contribution in [0.5, 0.6) is 0 Å². The van der Waals surface area contributed by atoms with Crippen molar-refractivity contribution in [2.75, 3.05) is 13.7 Å². The topological polar surface area (TPSA) is 46.6 Å². The SMILES string of the molecule is COC(=O)C1CCCN1C(=O)c1cccc(C)c1Cl. The van der Waals surface area contributed by atoms with E-state index in [2.05, 4.69) is 0 Å². The highest BCUT2D eigenvalue weighted by Gasteiger charge is 2.35. The molecule has 1 atom stereocenters. The van der Waals surface area contributed by atoms with Gasteiger partial charge in [0.2, 0.25) is 0 Å². The molecule has 1 aliphatic heterocycles. The molecule has 0 saturated carbocycles. The van der Waals surface area contributed by atoms with E-state index in [1.807, 2.05) is 13.0 Å². The molecular weight excluding hydrogens is 266 g/mol. The van der Waals surface area contributed by atoms with Crippen LogP contribution in [0.25, 0.3) is 0 Å². The second-order valence-corrected chi connectivity index (χ2v) is 4.99. The van der Waals surface area contributed by atoms with E-state index < -0.39 is 6.04 Å². The molecule has 1 aromatic rings. The van der Waals surface area contributed by atoms with Gasteiger partial charge in [-0.25, -0.2) is 4.79 Å². The van der Waals surface area contributed by atoms with Crippen molar-refractivity contribution >= 4 is 23.5 Å². The first-order valence-corrected chi connectivity index (χ1v) is 6.58. The summed E-state index contributed by atoms with van der Waals surface area (Å²) < 4.78 is 4.74. The number of rotatable bonds is 2. The number of aryl methyl sites for hydroxylation is 1. The summed E-state index contributed by atoms with van der Waals surface area (Å²) in [5, 5.41) is 0.447. The Bertz CT molecular complexity index is 515. The van der Waals surface area contributed by atoms with Crippen LogP contribution < -0.4 is 0 Å². The minimum Gasteiger partial charge on any atom is -0.467 e. The summed E-state index contributed by atoms with van der Waals surface area (Å²) >= 11 is 6.16. The molecule has 1 unspecified atom stereocenters. The van der Waals surface area contributed by atoms with E-state index in [4.69, 9.17) is 16.3 Å². The summed E-state index contributed by atoms with van der Waals surface area (Å²) in [6.45, 7) is 2.41. The van der Waals surface area contributed by atoms with Crippen molar-refractivity contribution in [2.45, 2.75) is 25.8 Å². The third kappa shape index (κ3) is 2.59. The van der Waals surface area contributed by atoms with Gasteiger partial charge in [-0.15, -0.1) is 0 Å². The maximum atomic E-state index is 12.5. The quantitative estimate of drug-likeness (QED) is 0.782. The van der Waals surface area contributed by atoms with Crippen LogP contribution in [0.1, 0.15) is 28.8 Å². The zero-order valence-corrected chi connectivity index (χ0v) is 11.7. The van der Waals surface area contributed by atoms with Crippen molar-refractivity contribution in [1.29, 1.82) is 0 Å². The van der Waals surface area contributed by atoms with E-state index in [1.165, 1.54) is 7.11 Å². The number of hydrogen-bond acceptors (Lipinski definition) is 3. The first-order chi connectivity index (χ1) is 9.06. The van der Waals surface area contributed by atoms with E-state index in [-0.39, 0.29) is 11.9 Å². The van der Waals surface area contributed by atoms with Gasteiger partial charge in [-0.2, -0.15) is 0 Å². The molecule has 1 heterocycles. The molecule has 19 heavy (non-hydrogen) atoms. The van der Waals surface area contributed by atoms with Gasteiger partial charge in [-0.1, -0.05) is 23.7 Å². The lowest BCUT2D eigenvalue weighted by atomic mass is 10.1. The lowest BCUT2D eigenvalue weighted by molar-refractivity contribution is -0.145. The van der Waals surface area contributed by atoms with Crippen molar-refractivity contribution in [3.63, 3.8) is 0 Å². The Hall–Kier alpha value is -1.55. The van der Waals surface area contributed by atoms with Gasteiger partial charge in [0.05, 0.1) is 17.7 Å². The summed E-state index contributed by atoms with van der Waals surface area (Å²) in [7, 11) is 1.34. The van der Waals surface area contributed by atoms with Gasteiger partial charge in [-0.05, 0) is 31.4 Å². The van der Waals surface area contributed by atoms with Gasteiger partial charge >= 0.3 is 5.97 Å². The molecule has 102 valence electrons. The molecule has 0 spiro atoms. The Labute approximate surface area is 117 Å². The smallest absolute Gasteiger partial charge is 0.328 e. The first-order valence-electron chi connectivity index (χ1n) is 6.20. The molecule has 4 nitrogen and oxygen atoms in total. The van der Waals surface area contributed by atoms with Crippen LogP contribution in [0.2, 0.25) is 5.02 Å². The number of hydrogen-bond donors (Lipinski definition) is 0. The minimum atomic E-state index is -0.492. The van der Waals surface area contributed by atoms with Crippen LogP contribution in [-0.4, -0.2) is 36.5 Å². The van der Waals surface area contributed by atoms with Crippen molar-refractivity contribution in [1.82, 2.24) is 4.90 Å². The number of carbonyl (C=O) groups is 2. The molecule has 0 aliphatic carbocycles. The predicted octanol–water partition coefficient (Wildman–Crippen LogP) is 2.43. The van der Waals surface area contributed by atoms with E-state index in [0.717, 1.165) is 12.0 Å². The van der Waals surface area contributed by atoms with E-state index in [0.29, 0.717) is 23.6 Å². The third-order valence-electron chi connectivity index (χ3n) is 3.41. The lowest BCUT2D eigenvalue weighted by Crippen LogP contribution is -2.41. The number of likely N-dealkylation sites (tertiary alicyclic amines) is 1. The molecule has 0 bridgehead atoms. The second kappa shape index (κ2) is 5.61. The van der Waals surface area contributed by atoms with Crippen LogP contribution in [0.15, 0.2) is 18.2 Å². The lowest BCUT2D eigenvalue weighted by Gasteiger charge is -2.23. The van der Waals surface area contributed by atoms with Crippen molar-refractivity contribution in [3.8, 4) is 0 Å². The summed E-state index contributed by atoms with van der Waals surface area (Å²) in [5.74, 6) is -0.573. The second-order valence-electron chi connectivity index (χ2n) is 4.62. The molecule has 1 aliphatic rings. The molecule has 0 aromatic heterocycles. The minimum absolute atomic E-state index is 0.207. The van der Waals surface area contributed by atoms with Gasteiger partial charge in [0.1, 0.15) is 6.04 Å². The molecule has 0 N–H and O–H groups in total. The molecule has 5 heteroatoms. The molecule has 1 aromatic carbocycles. The number of benzene rings is 1. The van der Waals surface area contributed by atoms with Crippen molar-refractivity contribution < 1.29 is 14.3 Å². The molecule has 1 fully saturated rings.